The van der Waals surface area contributed by atoms with Crippen molar-refractivity contribution in [2.24, 2.45) is 0 Å². The van der Waals surface area contributed by atoms with E-state index in [4.69, 9.17) is 0 Å². The summed E-state index contributed by atoms with van der Waals surface area (Å²) >= 11 is 1.02. The molecule has 9 heteroatoms. The van der Waals surface area contributed by atoms with Crippen LogP contribution >= 0.6 is 11.3 Å². The van der Waals surface area contributed by atoms with E-state index in [1.807, 2.05) is 6.92 Å². The molecule has 0 aliphatic carbocycles. The van der Waals surface area contributed by atoms with Crippen LogP contribution < -0.4 is 5.32 Å². The number of thiophene rings is 1. The summed E-state index contributed by atoms with van der Waals surface area (Å²) in [7, 11) is -2.68. The zero-order valence-corrected chi connectivity index (χ0v) is 12.8. The first-order chi connectivity index (χ1) is 9.16. The molecule has 20 heavy (non-hydrogen) atoms. The number of nitrogens with zero attached hydrogens (tertiary/aromatic N) is 1. The highest BCUT2D eigenvalue weighted by Crippen LogP contribution is 2.25. The van der Waals surface area contributed by atoms with E-state index >= 15 is 0 Å². The number of halogens is 3. The Bertz CT molecular complexity index is 526. The van der Waals surface area contributed by atoms with Gasteiger partial charge in [0, 0.05) is 20.1 Å². The Balaban J connectivity index is 2.74. The molecule has 1 aromatic heterocycles. The van der Waals surface area contributed by atoms with Crippen LogP contribution in [-0.4, -0.2) is 39.0 Å². The third-order valence-corrected chi connectivity index (χ3v) is 5.90. The van der Waals surface area contributed by atoms with Crippen LogP contribution in [0.4, 0.5) is 13.2 Å². The molecule has 0 amide bonds. The van der Waals surface area contributed by atoms with Gasteiger partial charge in [0.05, 0.1) is 6.42 Å². The van der Waals surface area contributed by atoms with Crippen molar-refractivity contribution in [3.8, 4) is 0 Å². The molecule has 0 spiro atoms. The Morgan fingerprint density at radius 1 is 1.40 bits per heavy atom. The Morgan fingerprint density at radius 2 is 2.05 bits per heavy atom. The van der Waals surface area contributed by atoms with Crippen LogP contribution in [0.5, 0.6) is 0 Å². The molecular formula is C11H17F3N2O2S2. The monoisotopic (exact) mass is 330 g/mol. The van der Waals surface area contributed by atoms with Crippen LogP contribution in [0.2, 0.25) is 0 Å². The molecule has 116 valence electrons. The SMILES string of the molecule is CCNCc1csc(S(=O)(=O)N(C)CCC(F)(F)F)c1. The molecule has 0 saturated carbocycles. The van der Waals surface area contributed by atoms with Crippen LogP contribution in [-0.2, 0) is 16.6 Å². The number of sulfonamides is 1. The Hall–Kier alpha value is -0.640. The number of rotatable bonds is 7. The number of alkyl halides is 3. The molecule has 1 heterocycles. The molecule has 0 fully saturated rings. The maximum absolute atomic E-state index is 12.1. The standard InChI is InChI=1S/C11H17F3N2O2S2/c1-3-15-7-9-6-10(19-8-9)20(17,18)16(2)5-4-11(12,13)14/h6,8,15H,3-5,7H2,1-2H3. The quantitative estimate of drug-likeness (QED) is 0.835. The summed E-state index contributed by atoms with van der Waals surface area (Å²) in [6.07, 6.45) is -5.52. The number of hydrogen-bond donors (Lipinski definition) is 1. The fraction of sp³-hybridized carbons (Fsp3) is 0.636. The highest BCUT2D eigenvalue weighted by Gasteiger charge is 2.30. The first-order valence-corrected chi connectivity index (χ1v) is 8.30. The summed E-state index contributed by atoms with van der Waals surface area (Å²) in [6, 6.07) is 1.49. The van der Waals surface area contributed by atoms with Crippen LogP contribution in [0.25, 0.3) is 0 Å². The fourth-order valence-electron chi connectivity index (χ4n) is 1.41. The summed E-state index contributed by atoms with van der Waals surface area (Å²) in [5.41, 5.74) is 0.805. The second-order valence-corrected chi connectivity index (χ2v) is 7.43. The molecular weight excluding hydrogens is 313 g/mol. The minimum Gasteiger partial charge on any atom is -0.313 e. The van der Waals surface area contributed by atoms with Gasteiger partial charge < -0.3 is 5.32 Å². The minimum absolute atomic E-state index is 0.0649. The number of hydrogen-bond acceptors (Lipinski definition) is 4. The molecule has 0 aliphatic rings. The van der Waals surface area contributed by atoms with Gasteiger partial charge in [-0.05, 0) is 23.6 Å². The van der Waals surface area contributed by atoms with Crippen LogP contribution in [0, 0.1) is 0 Å². The Labute approximate surface area is 120 Å². The molecule has 1 N–H and O–H groups in total. The van der Waals surface area contributed by atoms with Crippen LogP contribution in [0.3, 0.4) is 0 Å². The lowest BCUT2D eigenvalue weighted by Gasteiger charge is -2.16. The second kappa shape index (κ2) is 6.88. The first kappa shape index (κ1) is 17.4. The highest BCUT2D eigenvalue weighted by atomic mass is 32.2. The second-order valence-electron chi connectivity index (χ2n) is 4.25. The van der Waals surface area contributed by atoms with Gasteiger partial charge in [0.25, 0.3) is 10.0 Å². The van der Waals surface area contributed by atoms with Crippen molar-refractivity contribution in [3.05, 3.63) is 17.0 Å². The van der Waals surface area contributed by atoms with Gasteiger partial charge in [-0.1, -0.05) is 6.92 Å². The third kappa shape index (κ3) is 5.04. The average molecular weight is 330 g/mol. The van der Waals surface area contributed by atoms with E-state index < -0.39 is 29.2 Å². The summed E-state index contributed by atoms with van der Waals surface area (Å²) in [4.78, 5) is 0. The first-order valence-electron chi connectivity index (χ1n) is 5.98. The molecule has 0 atom stereocenters. The third-order valence-electron chi connectivity index (χ3n) is 2.58. The maximum atomic E-state index is 12.1. The lowest BCUT2D eigenvalue weighted by atomic mass is 10.3. The fourth-order valence-corrected chi connectivity index (χ4v) is 4.00. The van der Waals surface area contributed by atoms with Crippen molar-refractivity contribution in [1.29, 1.82) is 0 Å². The van der Waals surface area contributed by atoms with Gasteiger partial charge in [0.1, 0.15) is 4.21 Å². The van der Waals surface area contributed by atoms with Crippen molar-refractivity contribution in [2.75, 3.05) is 20.1 Å². The number of nitrogens with one attached hydrogen (secondary N) is 1. The van der Waals surface area contributed by atoms with Gasteiger partial charge in [0.2, 0.25) is 0 Å². The van der Waals surface area contributed by atoms with Crippen LogP contribution in [0.15, 0.2) is 15.7 Å². The van der Waals surface area contributed by atoms with Gasteiger partial charge >= 0.3 is 6.18 Å². The summed E-state index contributed by atoms with van der Waals surface area (Å²) in [6.45, 7) is 2.64. The molecule has 0 aromatic carbocycles. The average Bonchev–Trinajstić information content (AvgIpc) is 2.81. The molecule has 1 aromatic rings. The molecule has 4 nitrogen and oxygen atoms in total. The van der Waals surface area contributed by atoms with E-state index in [2.05, 4.69) is 5.32 Å². The molecule has 0 saturated heterocycles. The zero-order valence-electron chi connectivity index (χ0n) is 11.2. The van der Waals surface area contributed by atoms with E-state index in [0.717, 1.165) is 34.8 Å². The lowest BCUT2D eigenvalue weighted by molar-refractivity contribution is -0.135. The maximum Gasteiger partial charge on any atom is 0.390 e. The van der Waals surface area contributed by atoms with Crippen molar-refractivity contribution >= 4 is 21.4 Å². The molecule has 0 radical (unpaired) electrons. The Morgan fingerprint density at radius 3 is 2.60 bits per heavy atom. The predicted octanol–water partition coefficient (Wildman–Crippen LogP) is 2.43. The Kier molecular flexibility index (Phi) is 5.99. The smallest absolute Gasteiger partial charge is 0.313 e. The van der Waals surface area contributed by atoms with E-state index in [1.165, 1.54) is 6.07 Å². The highest BCUT2D eigenvalue weighted by molar-refractivity contribution is 7.91. The van der Waals surface area contributed by atoms with Gasteiger partial charge in [-0.25, -0.2) is 8.42 Å². The predicted molar refractivity (Wildman–Crippen MR) is 72.2 cm³/mol. The summed E-state index contributed by atoms with van der Waals surface area (Å²) < 4.78 is 61.3. The van der Waals surface area contributed by atoms with Crippen molar-refractivity contribution in [3.63, 3.8) is 0 Å². The van der Waals surface area contributed by atoms with E-state index in [9.17, 15) is 21.6 Å². The van der Waals surface area contributed by atoms with Gasteiger partial charge in [-0.2, -0.15) is 17.5 Å². The van der Waals surface area contributed by atoms with Crippen LogP contribution in [0.1, 0.15) is 18.9 Å². The van der Waals surface area contributed by atoms with Crippen molar-refractivity contribution < 1.29 is 21.6 Å². The molecule has 0 bridgehead atoms. The van der Waals surface area contributed by atoms with Crippen molar-refractivity contribution in [2.45, 2.75) is 30.3 Å². The van der Waals surface area contributed by atoms with E-state index in [0.29, 0.717) is 6.54 Å². The summed E-state index contributed by atoms with van der Waals surface area (Å²) in [5, 5.41) is 4.74. The van der Waals surface area contributed by atoms with Gasteiger partial charge in [-0.3, -0.25) is 0 Å². The molecule has 0 unspecified atom stereocenters. The topological polar surface area (TPSA) is 49.4 Å². The largest absolute Gasteiger partial charge is 0.390 e. The molecule has 0 aliphatic heterocycles. The van der Waals surface area contributed by atoms with E-state index in [-0.39, 0.29) is 4.21 Å². The van der Waals surface area contributed by atoms with Crippen molar-refractivity contribution in [1.82, 2.24) is 9.62 Å². The lowest BCUT2D eigenvalue weighted by Crippen LogP contribution is -2.30. The van der Waals surface area contributed by atoms with Gasteiger partial charge in [0.15, 0.2) is 0 Å². The summed E-state index contributed by atoms with van der Waals surface area (Å²) in [5.74, 6) is 0. The molecule has 1 rings (SSSR count). The normalized spacial score (nSPS) is 13.1. The van der Waals surface area contributed by atoms with E-state index in [1.54, 1.807) is 5.38 Å². The zero-order chi connectivity index (χ0) is 15.4. The minimum atomic E-state index is -4.37. The van der Waals surface area contributed by atoms with Gasteiger partial charge in [-0.15, -0.1) is 11.3 Å².